The Kier molecular flexibility index (Phi) is 3.97. The second-order valence-corrected chi connectivity index (χ2v) is 2.03. The molecule has 0 saturated carbocycles. The summed E-state index contributed by atoms with van der Waals surface area (Å²) in [6.07, 6.45) is 0. The molecule has 1 rings (SSSR count). The van der Waals surface area contributed by atoms with Gasteiger partial charge in [-0.15, -0.1) is 0 Å². The average Bonchev–Trinajstić information content (AvgIpc) is 1.98. The van der Waals surface area contributed by atoms with Crippen LogP contribution in [-0.4, -0.2) is 63.2 Å². The first kappa shape index (κ1) is 10.5. The zero-order valence-corrected chi connectivity index (χ0v) is 9.44. The summed E-state index contributed by atoms with van der Waals surface area (Å²) in [5.41, 5.74) is 1.06. The van der Waals surface area contributed by atoms with Crippen molar-refractivity contribution in [2.75, 3.05) is 0 Å². The van der Waals surface area contributed by atoms with E-state index in [0.717, 1.165) is 0 Å². The van der Waals surface area contributed by atoms with Gasteiger partial charge in [-0.2, -0.15) is 0 Å². The molecule has 2 amide bonds. The van der Waals surface area contributed by atoms with Gasteiger partial charge in [0, 0.05) is 62.5 Å². The van der Waals surface area contributed by atoms with Crippen molar-refractivity contribution in [1.29, 1.82) is 0 Å². The summed E-state index contributed by atoms with van der Waals surface area (Å²) in [6, 6.07) is 0. The Hall–Kier alpha value is 0.516. The molecule has 49 valence electrons. The van der Waals surface area contributed by atoms with Crippen molar-refractivity contribution in [3.8, 4) is 0 Å². The molecule has 4 heteroatoms. The van der Waals surface area contributed by atoms with E-state index in [4.69, 9.17) is 0 Å². The molecule has 1 aliphatic rings. The number of carbonyl (C=O) groups excluding carboxylic acids is 2. The molecule has 3 nitrogen and oxygen atoms in total. The van der Waals surface area contributed by atoms with Gasteiger partial charge in [-0.3, -0.25) is 14.9 Å². The molecular formula is C6H7KNO2. The minimum atomic E-state index is -0.266. The van der Waals surface area contributed by atoms with E-state index in [0.29, 0.717) is 11.1 Å². The second kappa shape index (κ2) is 3.78. The van der Waals surface area contributed by atoms with Gasteiger partial charge in [0.25, 0.3) is 11.8 Å². The maximum atomic E-state index is 10.6. The Labute approximate surface area is 102 Å². The zero-order valence-electron chi connectivity index (χ0n) is 6.32. The van der Waals surface area contributed by atoms with E-state index >= 15 is 0 Å². The molecule has 0 aromatic carbocycles. The fraction of sp³-hybridized carbons (Fsp3) is 0.333. The summed E-state index contributed by atoms with van der Waals surface area (Å²) in [6.45, 7) is 3.27. The maximum absolute atomic E-state index is 10.6. The first-order valence-corrected chi connectivity index (χ1v) is 2.66. The summed E-state index contributed by atoms with van der Waals surface area (Å²) in [5.74, 6) is -0.532. The van der Waals surface area contributed by atoms with Crippen LogP contribution < -0.4 is 5.32 Å². The molecule has 1 aliphatic heterocycles. The normalized spacial score (nSPS) is 17.0. The number of hydrogen-bond acceptors (Lipinski definition) is 2. The van der Waals surface area contributed by atoms with E-state index in [1.54, 1.807) is 13.8 Å². The molecule has 0 saturated heterocycles. The van der Waals surface area contributed by atoms with Crippen LogP contribution in [-0.2, 0) is 9.59 Å². The zero-order chi connectivity index (χ0) is 7.02. The van der Waals surface area contributed by atoms with Crippen molar-refractivity contribution < 1.29 is 9.59 Å². The number of imide groups is 1. The van der Waals surface area contributed by atoms with Gasteiger partial charge in [0.15, 0.2) is 0 Å². The summed E-state index contributed by atoms with van der Waals surface area (Å²) in [7, 11) is 0. The van der Waals surface area contributed by atoms with E-state index in [9.17, 15) is 9.59 Å². The standard InChI is InChI=1S/C6H7NO2.K/c1-3-4(2)6(9)7-5(3)8;/h1-2H3,(H,7,8,9);. The molecule has 1 heterocycles. The topological polar surface area (TPSA) is 46.2 Å². The van der Waals surface area contributed by atoms with E-state index < -0.39 is 0 Å². The molecule has 0 atom stereocenters. The second-order valence-electron chi connectivity index (χ2n) is 2.03. The Bertz CT molecular complexity index is 198. The molecule has 0 fully saturated rings. The molecule has 0 aromatic heterocycles. The van der Waals surface area contributed by atoms with Crippen molar-refractivity contribution in [3.05, 3.63) is 11.1 Å². The molecule has 0 spiro atoms. The van der Waals surface area contributed by atoms with Gasteiger partial charge < -0.3 is 0 Å². The van der Waals surface area contributed by atoms with Crippen LogP contribution >= 0.6 is 0 Å². The van der Waals surface area contributed by atoms with Gasteiger partial charge in [0.05, 0.1) is 0 Å². The monoisotopic (exact) mass is 164 g/mol. The molecule has 0 unspecified atom stereocenters. The van der Waals surface area contributed by atoms with E-state index in [2.05, 4.69) is 5.32 Å². The van der Waals surface area contributed by atoms with Gasteiger partial charge in [0.1, 0.15) is 0 Å². The summed E-state index contributed by atoms with van der Waals surface area (Å²) < 4.78 is 0. The number of carbonyl (C=O) groups is 2. The average molecular weight is 164 g/mol. The van der Waals surface area contributed by atoms with Crippen LogP contribution in [0.1, 0.15) is 13.8 Å². The third-order valence-corrected chi connectivity index (χ3v) is 1.47. The predicted octanol–water partition coefficient (Wildman–Crippen LogP) is -0.402. The van der Waals surface area contributed by atoms with Crippen molar-refractivity contribution in [2.45, 2.75) is 13.8 Å². The smallest absolute Gasteiger partial charge is 0.254 e. The van der Waals surface area contributed by atoms with Crippen molar-refractivity contribution in [2.24, 2.45) is 0 Å². The van der Waals surface area contributed by atoms with Crippen LogP contribution in [0, 0.1) is 0 Å². The van der Waals surface area contributed by atoms with Crippen LogP contribution in [0.3, 0.4) is 0 Å². The Balaban J connectivity index is 0.000000810. The first-order chi connectivity index (χ1) is 4.13. The Morgan fingerprint density at radius 2 is 1.30 bits per heavy atom. The van der Waals surface area contributed by atoms with E-state index in [-0.39, 0.29) is 63.2 Å². The molecule has 0 bridgehead atoms. The first-order valence-electron chi connectivity index (χ1n) is 2.66. The predicted molar refractivity (Wildman–Crippen MR) is 37.3 cm³/mol. The largest absolute Gasteiger partial charge is 0.289 e. The quantitative estimate of drug-likeness (QED) is 0.391. The van der Waals surface area contributed by atoms with Gasteiger partial charge in [-0.1, -0.05) is 0 Å². The number of hydrogen-bond donors (Lipinski definition) is 1. The van der Waals surface area contributed by atoms with Crippen LogP contribution in [0.25, 0.3) is 0 Å². The fourth-order valence-electron chi connectivity index (χ4n) is 0.631. The minimum Gasteiger partial charge on any atom is -0.289 e. The fourth-order valence-corrected chi connectivity index (χ4v) is 0.631. The Morgan fingerprint density at radius 3 is 1.40 bits per heavy atom. The van der Waals surface area contributed by atoms with E-state index in [1.807, 2.05) is 0 Å². The molecule has 0 aromatic rings. The third kappa shape index (κ3) is 1.76. The van der Waals surface area contributed by atoms with Crippen molar-refractivity contribution >= 4 is 63.2 Å². The summed E-state index contributed by atoms with van der Waals surface area (Å²) >= 11 is 0. The van der Waals surface area contributed by atoms with Crippen LogP contribution in [0.4, 0.5) is 0 Å². The van der Waals surface area contributed by atoms with Gasteiger partial charge in [-0.05, 0) is 13.8 Å². The van der Waals surface area contributed by atoms with Crippen LogP contribution in [0.5, 0.6) is 0 Å². The van der Waals surface area contributed by atoms with Crippen molar-refractivity contribution in [3.63, 3.8) is 0 Å². The van der Waals surface area contributed by atoms with Gasteiger partial charge in [0.2, 0.25) is 0 Å². The van der Waals surface area contributed by atoms with Crippen LogP contribution in [0.15, 0.2) is 11.1 Å². The minimum absolute atomic E-state index is 0. The summed E-state index contributed by atoms with van der Waals surface area (Å²) in [5, 5.41) is 2.16. The Morgan fingerprint density at radius 1 is 1.00 bits per heavy atom. The number of amides is 2. The molecule has 1 N–H and O–H groups in total. The van der Waals surface area contributed by atoms with Crippen LogP contribution in [0.2, 0.25) is 0 Å². The van der Waals surface area contributed by atoms with Gasteiger partial charge in [-0.25, -0.2) is 0 Å². The third-order valence-electron chi connectivity index (χ3n) is 1.47. The molecular weight excluding hydrogens is 157 g/mol. The molecule has 0 aliphatic carbocycles. The molecule has 10 heavy (non-hydrogen) atoms. The van der Waals surface area contributed by atoms with Crippen molar-refractivity contribution in [1.82, 2.24) is 5.32 Å². The number of nitrogens with one attached hydrogen (secondary N) is 1. The maximum Gasteiger partial charge on any atom is 0.254 e. The SMILES string of the molecule is CC1=C(C)C(=O)NC1=O.[K]. The van der Waals surface area contributed by atoms with E-state index in [1.165, 1.54) is 0 Å². The number of rotatable bonds is 0. The molecule has 1 radical (unpaired) electrons. The van der Waals surface area contributed by atoms with Gasteiger partial charge >= 0.3 is 0 Å². The summed E-state index contributed by atoms with van der Waals surface area (Å²) in [4.78, 5) is 21.2.